The molecule has 6 nitrogen and oxygen atoms in total. The molecule has 30 heavy (non-hydrogen) atoms. The van der Waals surface area contributed by atoms with Crippen LogP contribution < -0.4 is 15.1 Å². The van der Waals surface area contributed by atoms with E-state index in [2.05, 4.69) is 10.5 Å². The molecule has 0 radical (unpaired) electrons. The lowest BCUT2D eigenvalue weighted by Crippen LogP contribution is -3.15. The van der Waals surface area contributed by atoms with Gasteiger partial charge in [-0.15, -0.1) is 0 Å². The summed E-state index contributed by atoms with van der Waals surface area (Å²) in [4.78, 5) is 13.1. The zero-order valence-electron chi connectivity index (χ0n) is 15.9. The minimum atomic E-state index is -0.167. The fraction of sp³-hybridized carbons (Fsp3) is 0.300. The smallest absolute Gasteiger partial charge is 0.295 e. The molecule has 3 rings (SSSR count). The molecule has 0 aliphatic carbocycles. The van der Waals surface area contributed by atoms with Crippen LogP contribution in [0.3, 0.4) is 0 Å². The molecule has 0 spiro atoms. The molecule has 1 saturated heterocycles. The van der Waals surface area contributed by atoms with Gasteiger partial charge in [0.2, 0.25) is 0 Å². The second-order valence-corrected chi connectivity index (χ2v) is 8.33. The van der Waals surface area contributed by atoms with Crippen LogP contribution in [0.15, 0.2) is 35.4 Å². The Morgan fingerprint density at radius 1 is 1.10 bits per heavy atom. The van der Waals surface area contributed by atoms with Gasteiger partial charge < -0.3 is 14.4 Å². The molecule has 160 valence electrons. The number of nitrogens with zero attached hydrogens (tertiary/aromatic N) is 1. The summed E-state index contributed by atoms with van der Waals surface area (Å²) in [7, 11) is 0. The Morgan fingerprint density at radius 3 is 2.47 bits per heavy atom. The Morgan fingerprint density at radius 2 is 1.80 bits per heavy atom. The standard InChI is InChI=1S/C20H19Cl4N3O3/c21-15-2-1-14(16(22)9-15)12-30-20-17(23)7-13(8-18(20)24)10-25-26-19(28)11-27-3-5-29-6-4-27/h1-2,7-10H,3-6,11-12H2,(H,26,28)/p+1/b25-10-. The van der Waals surface area contributed by atoms with Crippen LogP contribution in [-0.4, -0.2) is 45.0 Å². The van der Waals surface area contributed by atoms with Gasteiger partial charge in [-0.2, -0.15) is 5.10 Å². The number of amides is 1. The number of quaternary nitrogens is 1. The van der Waals surface area contributed by atoms with E-state index < -0.39 is 0 Å². The molecule has 0 bridgehead atoms. The fourth-order valence-corrected chi connectivity index (χ4v) is 3.94. The number of morpholine rings is 1. The topological polar surface area (TPSA) is 64.4 Å². The number of benzene rings is 2. The van der Waals surface area contributed by atoms with Crippen LogP contribution in [0.4, 0.5) is 0 Å². The van der Waals surface area contributed by atoms with Gasteiger partial charge in [0, 0.05) is 15.6 Å². The number of carbonyl (C=O) groups excluding carboxylic acids is 1. The highest BCUT2D eigenvalue weighted by Gasteiger charge is 2.17. The van der Waals surface area contributed by atoms with Crippen molar-refractivity contribution >= 4 is 58.5 Å². The largest absolute Gasteiger partial charge is 0.486 e. The van der Waals surface area contributed by atoms with Crippen LogP contribution in [0.25, 0.3) is 0 Å². The van der Waals surface area contributed by atoms with E-state index in [1.54, 1.807) is 30.3 Å². The average Bonchev–Trinajstić information content (AvgIpc) is 2.69. The van der Waals surface area contributed by atoms with E-state index in [1.807, 2.05) is 0 Å². The first kappa shape index (κ1) is 23.1. The van der Waals surface area contributed by atoms with Crippen LogP contribution in [0.2, 0.25) is 20.1 Å². The van der Waals surface area contributed by atoms with Gasteiger partial charge in [-0.1, -0.05) is 52.5 Å². The SMILES string of the molecule is O=C(C[NH+]1CCOCC1)N/N=C\c1cc(Cl)c(OCc2ccc(Cl)cc2Cl)c(Cl)c1. The average molecular weight is 492 g/mol. The number of hydrazone groups is 1. The maximum atomic E-state index is 12.0. The van der Waals surface area contributed by atoms with Crippen molar-refractivity contribution in [3.63, 3.8) is 0 Å². The molecule has 0 saturated carbocycles. The molecule has 10 heteroatoms. The minimum Gasteiger partial charge on any atom is -0.486 e. The summed E-state index contributed by atoms with van der Waals surface area (Å²) in [5, 5.41) is 5.65. The number of hydrogen-bond donors (Lipinski definition) is 2. The van der Waals surface area contributed by atoms with E-state index in [0.29, 0.717) is 51.2 Å². The van der Waals surface area contributed by atoms with Crippen LogP contribution >= 0.6 is 46.4 Å². The first-order chi connectivity index (χ1) is 14.4. The van der Waals surface area contributed by atoms with Crippen molar-refractivity contribution < 1.29 is 19.2 Å². The lowest BCUT2D eigenvalue weighted by molar-refractivity contribution is -0.900. The van der Waals surface area contributed by atoms with Crippen molar-refractivity contribution in [2.75, 3.05) is 32.8 Å². The van der Waals surface area contributed by atoms with Gasteiger partial charge in [0.15, 0.2) is 12.3 Å². The van der Waals surface area contributed by atoms with E-state index in [-0.39, 0.29) is 12.5 Å². The summed E-state index contributed by atoms with van der Waals surface area (Å²) in [6.07, 6.45) is 1.48. The highest BCUT2D eigenvalue weighted by atomic mass is 35.5. The van der Waals surface area contributed by atoms with Crippen molar-refractivity contribution in [3.05, 3.63) is 61.5 Å². The Hall–Kier alpha value is -1.54. The molecule has 0 aromatic heterocycles. The zero-order valence-corrected chi connectivity index (χ0v) is 18.9. The zero-order chi connectivity index (χ0) is 21.5. The van der Waals surface area contributed by atoms with Crippen molar-refractivity contribution in [2.24, 2.45) is 5.10 Å². The van der Waals surface area contributed by atoms with Crippen molar-refractivity contribution in [1.82, 2.24) is 5.43 Å². The predicted molar refractivity (Wildman–Crippen MR) is 119 cm³/mol. The van der Waals surface area contributed by atoms with E-state index in [1.165, 1.54) is 11.1 Å². The number of rotatable bonds is 7. The molecule has 1 heterocycles. The van der Waals surface area contributed by atoms with E-state index in [0.717, 1.165) is 18.7 Å². The van der Waals surface area contributed by atoms with Gasteiger partial charge in [-0.05, 0) is 29.8 Å². The third kappa shape index (κ3) is 6.74. The van der Waals surface area contributed by atoms with Crippen LogP contribution in [0.1, 0.15) is 11.1 Å². The molecular formula is C20H20Cl4N3O3+. The summed E-state index contributed by atoms with van der Waals surface area (Å²) in [6.45, 7) is 3.49. The van der Waals surface area contributed by atoms with Crippen LogP contribution in [0, 0.1) is 0 Å². The molecular weight excluding hydrogens is 472 g/mol. The monoisotopic (exact) mass is 490 g/mol. The quantitative estimate of drug-likeness (QED) is 0.461. The number of halogens is 4. The Kier molecular flexibility index (Phi) is 8.62. The molecule has 1 aliphatic heterocycles. The number of ether oxygens (including phenoxy) is 2. The summed E-state index contributed by atoms with van der Waals surface area (Å²) in [6, 6.07) is 8.43. The van der Waals surface area contributed by atoms with Crippen molar-refractivity contribution in [2.45, 2.75) is 6.61 Å². The first-order valence-electron chi connectivity index (χ1n) is 9.21. The van der Waals surface area contributed by atoms with Gasteiger partial charge in [0.05, 0.1) is 29.5 Å². The van der Waals surface area contributed by atoms with Gasteiger partial charge in [-0.25, -0.2) is 5.43 Å². The number of nitrogens with one attached hydrogen (secondary N) is 2. The molecule has 2 N–H and O–H groups in total. The van der Waals surface area contributed by atoms with Gasteiger partial charge >= 0.3 is 0 Å². The van der Waals surface area contributed by atoms with Crippen LogP contribution in [0.5, 0.6) is 5.75 Å². The number of hydrogen-bond acceptors (Lipinski definition) is 4. The van der Waals surface area contributed by atoms with Crippen molar-refractivity contribution in [3.8, 4) is 5.75 Å². The lowest BCUT2D eigenvalue weighted by Gasteiger charge is -2.22. The van der Waals surface area contributed by atoms with E-state index in [9.17, 15) is 4.79 Å². The minimum absolute atomic E-state index is 0.167. The summed E-state index contributed by atoms with van der Waals surface area (Å²) in [5.41, 5.74) is 3.89. The third-order valence-corrected chi connectivity index (χ3v) is 5.57. The van der Waals surface area contributed by atoms with Gasteiger partial charge in [0.1, 0.15) is 19.7 Å². The van der Waals surface area contributed by atoms with Gasteiger partial charge in [-0.3, -0.25) is 4.79 Å². The second-order valence-electron chi connectivity index (χ2n) is 6.67. The molecule has 1 amide bonds. The van der Waals surface area contributed by atoms with E-state index in [4.69, 9.17) is 55.9 Å². The van der Waals surface area contributed by atoms with Crippen molar-refractivity contribution in [1.29, 1.82) is 0 Å². The summed E-state index contributed by atoms with van der Waals surface area (Å²) in [5.74, 6) is 0.168. The maximum absolute atomic E-state index is 12.0. The molecule has 1 aliphatic rings. The highest BCUT2D eigenvalue weighted by molar-refractivity contribution is 6.37. The Labute approximate surface area is 194 Å². The molecule has 0 unspecified atom stereocenters. The third-order valence-electron chi connectivity index (χ3n) is 4.42. The predicted octanol–water partition coefficient (Wildman–Crippen LogP) is 3.24. The molecule has 0 atom stereocenters. The lowest BCUT2D eigenvalue weighted by atomic mass is 10.2. The van der Waals surface area contributed by atoms with E-state index >= 15 is 0 Å². The van der Waals surface area contributed by atoms with Crippen LogP contribution in [-0.2, 0) is 16.1 Å². The summed E-state index contributed by atoms with van der Waals surface area (Å²) < 4.78 is 11.0. The number of carbonyl (C=O) groups is 1. The van der Waals surface area contributed by atoms with Gasteiger partial charge in [0.25, 0.3) is 5.91 Å². The normalized spacial score (nSPS) is 14.8. The highest BCUT2D eigenvalue weighted by Crippen LogP contribution is 2.35. The molecule has 2 aromatic rings. The summed E-state index contributed by atoms with van der Waals surface area (Å²) >= 11 is 24.7. The first-order valence-corrected chi connectivity index (χ1v) is 10.7. The molecule has 1 fully saturated rings. The maximum Gasteiger partial charge on any atom is 0.295 e. The fourth-order valence-electron chi connectivity index (χ4n) is 2.86. The second kappa shape index (κ2) is 11.2. The Bertz CT molecular complexity index is 911. The molecule has 2 aromatic carbocycles. The Balaban J connectivity index is 1.56.